The molecule has 1 aliphatic rings. The van der Waals surface area contributed by atoms with Crippen molar-refractivity contribution in [2.45, 2.75) is 53.5 Å². The molecule has 0 radical (unpaired) electrons. The van der Waals surface area contributed by atoms with E-state index < -0.39 is 0 Å². The minimum Gasteiger partial charge on any atom is -0.309 e. The first-order chi connectivity index (χ1) is 7.82. The van der Waals surface area contributed by atoms with Gasteiger partial charge in [-0.1, -0.05) is 39.8 Å². The molecule has 1 aromatic rings. The molecule has 1 heterocycles. The fraction of sp³-hybridized carbons (Fsp3) is 0.625. The van der Waals surface area contributed by atoms with Crippen molar-refractivity contribution in [2.24, 2.45) is 5.41 Å². The highest BCUT2D eigenvalue weighted by Gasteiger charge is 2.34. The monoisotopic (exact) mass is 231 g/mol. The average molecular weight is 231 g/mol. The summed E-state index contributed by atoms with van der Waals surface area (Å²) in [5, 5.41) is 3.73. The molecule has 1 aliphatic heterocycles. The van der Waals surface area contributed by atoms with Gasteiger partial charge in [-0.05, 0) is 47.4 Å². The van der Waals surface area contributed by atoms with Crippen LogP contribution in [0.2, 0.25) is 0 Å². The smallest absolute Gasteiger partial charge is 0.0375 e. The SMILES string of the molecule is Cc1ccc(C)c2c1C(C)CNC2C(C)(C)C. The fourth-order valence-corrected chi connectivity index (χ4v) is 3.13. The zero-order chi connectivity index (χ0) is 12.8. The van der Waals surface area contributed by atoms with E-state index in [2.05, 4.69) is 59.0 Å². The average Bonchev–Trinajstić information content (AvgIpc) is 2.22. The van der Waals surface area contributed by atoms with Gasteiger partial charge in [-0.3, -0.25) is 0 Å². The van der Waals surface area contributed by atoms with Crippen LogP contribution >= 0.6 is 0 Å². The van der Waals surface area contributed by atoms with E-state index in [1.807, 2.05) is 0 Å². The van der Waals surface area contributed by atoms with Gasteiger partial charge in [0, 0.05) is 12.6 Å². The Morgan fingerprint density at radius 2 is 1.59 bits per heavy atom. The minimum atomic E-state index is 0.271. The summed E-state index contributed by atoms with van der Waals surface area (Å²) in [6.07, 6.45) is 0. The highest BCUT2D eigenvalue weighted by Crippen LogP contribution is 2.42. The molecular weight excluding hydrogens is 206 g/mol. The number of aryl methyl sites for hydroxylation is 2. The molecule has 1 aromatic carbocycles. The Morgan fingerprint density at radius 1 is 1.06 bits per heavy atom. The van der Waals surface area contributed by atoms with E-state index in [0.29, 0.717) is 12.0 Å². The molecule has 17 heavy (non-hydrogen) atoms. The van der Waals surface area contributed by atoms with Crippen molar-refractivity contribution >= 4 is 0 Å². The van der Waals surface area contributed by atoms with Crippen molar-refractivity contribution in [2.75, 3.05) is 6.54 Å². The Balaban J connectivity index is 2.63. The van der Waals surface area contributed by atoms with E-state index in [-0.39, 0.29) is 5.41 Å². The molecule has 2 unspecified atom stereocenters. The van der Waals surface area contributed by atoms with Gasteiger partial charge in [0.1, 0.15) is 0 Å². The van der Waals surface area contributed by atoms with Gasteiger partial charge in [0.05, 0.1) is 0 Å². The van der Waals surface area contributed by atoms with Crippen LogP contribution in [0.1, 0.15) is 61.9 Å². The zero-order valence-electron chi connectivity index (χ0n) is 12.0. The third kappa shape index (κ3) is 2.13. The van der Waals surface area contributed by atoms with Crippen LogP contribution < -0.4 is 5.32 Å². The van der Waals surface area contributed by atoms with E-state index >= 15 is 0 Å². The molecule has 0 bridgehead atoms. The molecule has 0 aliphatic carbocycles. The predicted octanol–water partition coefficient (Wildman–Crippen LogP) is 4.10. The Labute approximate surface area is 106 Å². The van der Waals surface area contributed by atoms with E-state index in [1.165, 1.54) is 11.1 Å². The Hall–Kier alpha value is -0.820. The summed E-state index contributed by atoms with van der Waals surface area (Å²) >= 11 is 0. The summed E-state index contributed by atoms with van der Waals surface area (Å²) in [7, 11) is 0. The van der Waals surface area contributed by atoms with Crippen molar-refractivity contribution in [3.8, 4) is 0 Å². The lowest BCUT2D eigenvalue weighted by atomic mass is 9.73. The lowest BCUT2D eigenvalue weighted by Crippen LogP contribution is -2.40. The topological polar surface area (TPSA) is 12.0 Å². The lowest BCUT2D eigenvalue weighted by molar-refractivity contribution is 0.254. The van der Waals surface area contributed by atoms with Crippen molar-refractivity contribution in [3.05, 3.63) is 34.4 Å². The fourth-order valence-electron chi connectivity index (χ4n) is 3.13. The van der Waals surface area contributed by atoms with Gasteiger partial charge in [0.2, 0.25) is 0 Å². The maximum absolute atomic E-state index is 3.73. The second-order valence-corrected chi connectivity index (χ2v) is 6.64. The molecule has 2 rings (SSSR count). The third-order valence-corrected chi connectivity index (χ3v) is 4.00. The van der Waals surface area contributed by atoms with Gasteiger partial charge in [0.15, 0.2) is 0 Å². The minimum absolute atomic E-state index is 0.271. The molecule has 0 spiro atoms. The van der Waals surface area contributed by atoms with Crippen LogP contribution in [0.15, 0.2) is 12.1 Å². The van der Waals surface area contributed by atoms with E-state index in [1.54, 1.807) is 11.1 Å². The van der Waals surface area contributed by atoms with Gasteiger partial charge in [-0.25, -0.2) is 0 Å². The van der Waals surface area contributed by atoms with Crippen LogP contribution in [0.3, 0.4) is 0 Å². The molecule has 2 atom stereocenters. The largest absolute Gasteiger partial charge is 0.309 e. The van der Waals surface area contributed by atoms with Gasteiger partial charge < -0.3 is 5.32 Å². The Morgan fingerprint density at radius 3 is 2.12 bits per heavy atom. The van der Waals surface area contributed by atoms with Crippen LogP contribution in [0.25, 0.3) is 0 Å². The number of nitrogens with one attached hydrogen (secondary N) is 1. The maximum Gasteiger partial charge on any atom is 0.0375 e. The normalized spacial score (nSPS) is 24.6. The molecule has 0 fully saturated rings. The molecule has 1 N–H and O–H groups in total. The number of fused-ring (bicyclic) bond motifs is 1. The van der Waals surface area contributed by atoms with E-state index in [4.69, 9.17) is 0 Å². The van der Waals surface area contributed by atoms with Crippen LogP contribution in [0.5, 0.6) is 0 Å². The summed E-state index contributed by atoms with van der Waals surface area (Å²) in [6, 6.07) is 5.02. The van der Waals surface area contributed by atoms with Gasteiger partial charge in [0.25, 0.3) is 0 Å². The predicted molar refractivity (Wildman–Crippen MR) is 74.5 cm³/mol. The van der Waals surface area contributed by atoms with Gasteiger partial charge >= 0.3 is 0 Å². The highest BCUT2D eigenvalue weighted by molar-refractivity contribution is 5.46. The van der Waals surface area contributed by atoms with Crippen LogP contribution in [0.4, 0.5) is 0 Å². The van der Waals surface area contributed by atoms with Gasteiger partial charge in [-0.15, -0.1) is 0 Å². The molecule has 0 aromatic heterocycles. The Kier molecular flexibility index (Phi) is 3.07. The van der Waals surface area contributed by atoms with Crippen molar-refractivity contribution in [1.29, 1.82) is 0 Å². The zero-order valence-corrected chi connectivity index (χ0v) is 12.0. The van der Waals surface area contributed by atoms with Crippen LogP contribution in [0, 0.1) is 19.3 Å². The summed E-state index contributed by atoms with van der Waals surface area (Å²) in [5.41, 5.74) is 6.30. The second-order valence-electron chi connectivity index (χ2n) is 6.64. The van der Waals surface area contributed by atoms with Crippen LogP contribution in [-0.2, 0) is 0 Å². The van der Waals surface area contributed by atoms with Crippen molar-refractivity contribution < 1.29 is 0 Å². The molecule has 0 saturated heterocycles. The highest BCUT2D eigenvalue weighted by atomic mass is 14.9. The summed E-state index contributed by atoms with van der Waals surface area (Å²) < 4.78 is 0. The quantitative estimate of drug-likeness (QED) is 0.709. The molecular formula is C16H25N. The first-order valence-electron chi connectivity index (χ1n) is 6.65. The number of rotatable bonds is 0. The number of benzene rings is 1. The summed E-state index contributed by atoms with van der Waals surface area (Å²) in [6.45, 7) is 14.9. The van der Waals surface area contributed by atoms with E-state index in [9.17, 15) is 0 Å². The van der Waals surface area contributed by atoms with Crippen LogP contribution in [-0.4, -0.2) is 6.54 Å². The summed E-state index contributed by atoms with van der Waals surface area (Å²) in [4.78, 5) is 0. The van der Waals surface area contributed by atoms with Gasteiger partial charge in [-0.2, -0.15) is 0 Å². The number of hydrogen-bond acceptors (Lipinski definition) is 1. The molecule has 94 valence electrons. The molecule has 0 amide bonds. The summed E-state index contributed by atoms with van der Waals surface area (Å²) in [5.74, 6) is 0.628. The first kappa shape index (κ1) is 12.6. The second kappa shape index (κ2) is 4.13. The first-order valence-corrected chi connectivity index (χ1v) is 6.65. The van der Waals surface area contributed by atoms with Crippen molar-refractivity contribution in [1.82, 2.24) is 5.32 Å². The van der Waals surface area contributed by atoms with Crippen molar-refractivity contribution in [3.63, 3.8) is 0 Å². The lowest BCUT2D eigenvalue weighted by Gasteiger charge is -2.40. The Bertz CT molecular complexity index is 426. The maximum atomic E-state index is 3.73. The third-order valence-electron chi connectivity index (χ3n) is 4.00. The standard InChI is InChI=1S/C16H25N/c1-10-7-8-11(2)14-13(10)12(3)9-17-15(14)16(4,5)6/h7-8,12,15,17H,9H2,1-6H3. The molecule has 1 heteroatoms. The number of hydrogen-bond donors (Lipinski definition) is 1. The molecule has 1 nitrogen and oxygen atoms in total. The molecule has 0 saturated carbocycles. The van der Waals surface area contributed by atoms with E-state index in [0.717, 1.165) is 6.54 Å².